The Morgan fingerprint density at radius 2 is 0.986 bits per heavy atom. The normalized spacial score (nSPS) is 11.2. The zero-order chi connectivity index (χ0) is 50.7. The number of hydrogen-bond donors (Lipinski definition) is 3. The zero-order valence-electron chi connectivity index (χ0n) is 42.9. The number of hydrogen-bond acceptors (Lipinski definition) is 10. The van der Waals surface area contributed by atoms with Crippen molar-refractivity contribution in [3.63, 3.8) is 0 Å². The summed E-state index contributed by atoms with van der Waals surface area (Å²) in [5, 5.41) is 9.65. The third kappa shape index (κ3) is 19.4. The molecule has 7 rings (SSSR count). The van der Waals surface area contributed by atoms with Crippen molar-refractivity contribution < 1.29 is 14.3 Å². The standard InChI is InChI=1S/C61H73N9O3/c1-3-5-8-28-60(71)67-58-26-18-24-55(65-58)46-69(44-53-22-12-14-35-63-53)42-49-38-50(40-57(39-49)73-37-17-16-34-62-41-48-30-32-52(33-31-48)51-20-10-7-11-21-51)43-70(45-54-23-13-15-36-64-54)47-56-25-19-27-59(66-56)68-61(72)29-9-6-4-2/h7,10-15,18-27,30-33,35-36,38-40,62H,3-6,8-9,16-17,28-29,34,37,41-47H2,1-2H3,(H,65,67,71)(H,66,68,72). The first-order valence-corrected chi connectivity index (χ1v) is 26.2. The van der Waals surface area contributed by atoms with Crippen LogP contribution in [0.1, 0.15) is 118 Å². The van der Waals surface area contributed by atoms with Gasteiger partial charge in [0.05, 0.1) is 29.4 Å². The number of rotatable bonds is 31. The number of carbonyl (C=O) groups is 2. The maximum absolute atomic E-state index is 12.8. The van der Waals surface area contributed by atoms with Crippen molar-refractivity contribution in [3.05, 3.63) is 197 Å². The van der Waals surface area contributed by atoms with Gasteiger partial charge in [0.1, 0.15) is 17.4 Å². The van der Waals surface area contributed by atoms with Gasteiger partial charge in [0, 0.05) is 71.0 Å². The number of carbonyl (C=O) groups excluding carboxylic acids is 2. The molecule has 4 heterocycles. The Labute approximate surface area is 433 Å². The van der Waals surface area contributed by atoms with E-state index >= 15 is 0 Å². The van der Waals surface area contributed by atoms with Gasteiger partial charge in [0.25, 0.3) is 0 Å². The molecular formula is C61H73N9O3. The van der Waals surface area contributed by atoms with Crippen LogP contribution in [-0.2, 0) is 55.4 Å². The van der Waals surface area contributed by atoms with Crippen molar-refractivity contribution in [1.29, 1.82) is 0 Å². The number of amides is 2. The first-order chi connectivity index (χ1) is 35.9. The number of anilines is 2. The lowest BCUT2D eigenvalue weighted by atomic mass is 10.0. The highest BCUT2D eigenvalue weighted by Gasteiger charge is 2.17. The Morgan fingerprint density at radius 1 is 0.479 bits per heavy atom. The van der Waals surface area contributed by atoms with Crippen molar-refractivity contribution in [2.45, 2.75) is 124 Å². The fourth-order valence-electron chi connectivity index (χ4n) is 8.72. The van der Waals surface area contributed by atoms with E-state index in [1.54, 1.807) is 0 Å². The molecule has 0 fully saturated rings. The third-order valence-corrected chi connectivity index (χ3v) is 12.4. The summed E-state index contributed by atoms with van der Waals surface area (Å²) in [4.78, 5) is 49.4. The summed E-state index contributed by atoms with van der Waals surface area (Å²) in [5.74, 6) is 1.90. The molecule has 3 N–H and O–H groups in total. The Kier molecular flexibility index (Phi) is 22.1. The number of unbranched alkanes of at least 4 members (excludes halogenated alkanes) is 5. The predicted octanol–water partition coefficient (Wildman–Crippen LogP) is 12.3. The van der Waals surface area contributed by atoms with E-state index in [-0.39, 0.29) is 11.8 Å². The van der Waals surface area contributed by atoms with Gasteiger partial charge in [-0.25, -0.2) is 9.97 Å². The quantitative estimate of drug-likeness (QED) is 0.0361. The predicted molar refractivity (Wildman–Crippen MR) is 293 cm³/mol. The molecule has 12 heteroatoms. The van der Waals surface area contributed by atoms with Crippen LogP contribution in [0.4, 0.5) is 11.6 Å². The topological polar surface area (TPSA) is 138 Å². The van der Waals surface area contributed by atoms with E-state index in [4.69, 9.17) is 24.7 Å². The lowest BCUT2D eigenvalue weighted by Gasteiger charge is -2.25. The molecule has 12 nitrogen and oxygen atoms in total. The van der Waals surface area contributed by atoms with Crippen molar-refractivity contribution in [2.75, 3.05) is 23.8 Å². The molecule has 0 spiro atoms. The molecule has 7 aromatic rings. The minimum atomic E-state index is -0.0146. The minimum Gasteiger partial charge on any atom is -0.494 e. The Hall–Kier alpha value is -7.12. The van der Waals surface area contributed by atoms with Crippen LogP contribution in [-0.4, -0.2) is 54.7 Å². The highest BCUT2D eigenvalue weighted by atomic mass is 16.5. The van der Waals surface area contributed by atoms with Crippen molar-refractivity contribution in [2.24, 2.45) is 0 Å². The molecular weight excluding hydrogens is 907 g/mol. The van der Waals surface area contributed by atoms with E-state index in [1.165, 1.54) is 16.7 Å². The lowest BCUT2D eigenvalue weighted by Crippen LogP contribution is -2.25. The van der Waals surface area contributed by atoms with Crippen LogP contribution < -0.4 is 20.7 Å². The van der Waals surface area contributed by atoms with E-state index < -0.39 is 0 Å². The monoisotopic (exact) mass is 980 g/mol. The number of nitrogens with zero attached hydrogens (tertiary/aromatic N) is 6. The molecule has 0 aliphatic carbocycles. The van der Waals surface area contributed by atoms with Crippen molar-refractivity contribution in [3.8, 4) is 16.9 Å². The van der Waals surface area contributed by atoms with Crippen LogP contribution in [0.25, 0.3) is 11.1 Å². The van der Waals surface area contributed by atoms with E-state index in [2.05, 4.69) is 106 Å². The van der Waals surface area contributed by atoms with Gasteiger partial charge in [-0.15, -0.1) is 0 Å². The van der Waals surface area contributed by atoms with Gasteiger partial charge in [-0.05, 0) is 121 Å². The molecule has 3 aromatic carbocycles. The molecule has 0 aliphatic heterocycles. The van der Waals surface area contributed by atoms with E-state index in [0.717, 1.165) is 104 Å². The van der Waals surface area contributed by atoms with Crippen LogP contribution in [0, 0.1) is 0 Å². The second kappa shape index (κ2) is 30.0. The van der Waals surface area contributed by atoms with Gasteiger partial charge in [-0.3, -0.25) is 29.4 Å². The van der Waals surface area contributed by atoms with Gasteiger partial charge in [0.2, 0.25) is 11.8 Å². The Balaban J connectivity index is 1.08. The maximum atomic E-state index is 12.8. The number of pyridine rings is 4. The van der Waals surface area contributed by atoms with E-state index in [1.807, 2.05) is 91.3 Å². The average Bonchev–Trinajstić information content (AvgIpc) is 3.40. The second-order valence-corrected chi connectivity index (χ2v) is 18.8. The van der Waals surface area contributed by atoms with Gasteiger partial charge in [-0.1, -0.05) is 124 Å². The van der Waals surface area contributed by atoms with Crippen LogP contribution >= 0.6 is 0 Å². The van der Waals surface area contributed by atoms with E-state index in [9.17, 15) is 9.59 Å². The van der Waals surface area contributed by atoms with Crippen LogP contribution in [0.3, 0.4) is 0 Å². The van der Waals surface area contributed by atoms with Crippen molar-refractivity contribution >= 4 is 23.5 Å². The van der Waals surface area contributed by atoms with Gasteiger partial charge in [0.15, 0.2) is 0 Å². The van der Waals surface area contributed by atoms with Crippen molar-refractivity contribution in [1.82, 2.24) is 35.1 Å². The molecule has 380 valence electrons. The number of benzene rings is 3. The highest BCUT2D eigenvalue weighted by molar-refractivity contribution is 5.90. The summed E-state index contributed by atoms with van der Waals surface area (Å²) in [7, 11) is 0. The summed E-state index contributed by atoms with van der Waals surface area (Å²) in [6.07, 6.45) is 12.4. The molecule has 0 saturated carbocycles. The maximum Gasteiger partial charge on any atom is 0.225 e. The minimum absolute atomic E-state index is 0.0146. The van der Waals surface area contributed by atoms with Gasteiger partial charge >= 0.3 is 0 Å². The third-order valence-electron chi connectivity index (χ3n) is 12.4. The fourth-order valence-corrected chi connectivity index (χ4v) is 8.72. The SMILES string of the molecule is CCCCCC(=O)Nc1cccc(CN(Cc2cc(CN(Cc3ccccn3)Cc3cccc(NC(=O)CCCCC)n3)cc(OCCCCNCc3ccc(-c4ccccc4)cc3)c2)Cc2ccccn2)n1. The van der Waals surface area contributed by atoms with Gasteiger partial charge in [-0.2, -0.15) is 0 Å². The first kappa shape index (κ1) is 53.7. The van der Waals surface area contributed by atoms with Crippen LogP contribution in [0.15, 0.2) is 158 Å². The summed E-state index contributed by atoms with van der Waals surface area (Å²) >= 11 is 0. The molecule has 0 unspecified atom stereocenters. The zero-order valence-corrected chi connectivity index (χ0v) is 42.9. The van der Waals surface area contributed by atoms with Crippen LogP contribution in [0.5, 0.6) is 5.75 Å². The largest absolute Gasteiger partial charge is 0.494 e. The Bertz CT molecular complexity index is 2570. The smallest absolute Gasteiger partial charge is 0.225 e. The molecule has 0 aliphatic rings. The molecule has 73 heavy (non-hydrogen) atoms. The number of ether oxygens (including phenoxy) is 1. The molecule has 2 amide bonds. The van der Waals surface area contributed by atoms with Crippen LogP contribution in [0.2, 0.25) is 0 Å². The first-order valence-electron chi connectivity index (χ1n) is 26.2. The summed E-state index contributed by atoms with van der Waals surface area (Å²) in [6.45, 7) is 9.96. The van der Waals surface area contributed by atoms with E-state index in [0.29, 0.717) is 70.4 Å². The second-order valence-electron chi connectivity index (χ2n) is 18.8. The summed E-state index contributed by atoms with van der Waals surface area (Å²) < 4.78 is 6.62. The summed E-state index contributed by atoms with van der Waals surface area (Å²) in [5.41, 5.74) is 9.47. The highest BCUT2D eigenvalue weighted by Crippen LogP contribution is 2.25. The van der Waals surface area contributed by atoms with Gasteiger partial charge < -0.3 is 20.7 Å². The molecule has 0 bridgehead atoms. The number of nitrogens with one attached hydrogen (secondary N) is 3. The molecule has 0 atom stereocenters. The molecule has 0 saturated heterocycles. The fraction of sp³-hybridized carbons (Fsp3) is 0.344. The Morgan fingerprint density at radius 3 is 1.51 bits per heavy atom. The average molecular weight is 980 g/mol. The summed E-state index contributed by atoms with van der Waals surface area (Å²) in [6, 6.07) is 49.5. The molecule has 0 radical (unpaired) electrons. The number of aromatic nitrogens is 4. The molecule has 4 aromatic heterocycles. The lowest BCUT2D eigenvalue weighted by molar-refractivity contribution is -0.117.